The van der Waals surface area contributed by atoms with Gasteiger partial charge in [-0.3, -0.25) is 37.3 Å². The van der Waals surface area contributed by atoms with Gasteiger partial charge in [0.15, 0.2) is 12.2 Å². The number of ether oxygens (including phenoxy) is 4. The fourth-order valence-electron chi connectivity index (χ4n) is 12.2. The number of esters is 4. The van der Waals surface area contributed by atoms with Gasteiger partial charge in [-0.2, -0.15) is 0 Å². The Kier molecular flexibility index (Phi) is 69.3. The molecule has 0 aliphatic rings. The highest BCUT2D eigenvalue weighted by Gasteiger charge is 2.30. The van der Waals surface area contributed by atoms with Crippen LogP contribution in [0, 0.1) is 11.8 Å². The molecule has 19 heteroatoms. The van der Waals surface area contributed by atoms with Crippen molar-refractivity contribution in [2.45, 2.75) is 432 Å². The van der Waals surface area contributed by atoms with Gasteiger partial charge in [-0.05, 0) is 37.5 Å². The SMILES string of the molecule is CCCCCCCCCCCCCCCCCCCCCCCC(=O)O[C@H](COC(=O)CCCCCCCCCCCCCCCCC)COP(=O)(O)OC[C@@H](O)COP(=O)(O)OC[C@@H](COC(=O)CCCCCCCCC(C)C)OC(=O)CCCCCCCCCCCCC(C)C. The molecule has 0 aliphatic carbocycles. The predicted octanol–water partition coefficient (Wildman–Crippen LogP) is 23.5. The molecule has 0 radical (unpaired) electrons. The zero-order valence-electron chi connectivity index (χ0n) is 64.1. The Morgan fingerprint density at radius 3 is 0.694 bits per heavy atom. The molecule has 0 amide bonds. The van der Waals surface area contributed by atoms with Gasteiger partial charge in [0, 0.05) is 25.7 Å². The highest BCUT2D eigenvalue weighted by molar-refractivity contribution is 7.47. The molecular formula is C79H154O17P2. The topological polar surface area (TPSA) is 237 Å². The average Bonchev–Trinajstić information content (AvgIpc) is 0.935. The van der Waals surface area contributed by atoms with Crippen LogP contribution < -0.4 is 0 Å². The minimum Gasteiger partial charge on any atom is -0.462 e. The van der Waals surface area contributed by atoms with Crippen LogP contribution in [0.5, 0.6) is 0 Å². The van der Waals surface area contributed by atoms with E-state index in [2.05, 4.69) is 41.5 Å². The number of phosphoric ester groups is 2. The van der Waals surface area contributed by atoms with Gasteiger partial charge in [-0.1, -0.05) is 363 Å². The second-order valence-corrected chi connectivity index (χ2v) is 32.3. The van der Waals surface area contributed by atoms with E-state index in [-0.39, 0.29) is 25.7 Å². The second-order valence-electron chi connectivity index (χ2n) is 29.4. The molecule has 98 heavy (non-hydrogen) atoms. The normalized spacial score (nSPS) is 13.9. The van der Waals surface area contributed by atoms with Gasteiger partial charge >= 0.3 is 39.5 Å². The summed E-state index contributed by atoms with van der Waals surface area (Å²) in [7, 11) is -9.91. The number of carbonyl (C=O) groups excluding carboxylic acids is 4. The summed E-state index contributed by atoms with van der Waals surface area (Å²) in [5, 5.41) is 10.6. The fraction of sp³-hybridized carbons (Fsp3) is 0.949. The summed E-state index contributed by atoms with van der Waals surface area (Å²) in [6, 6.07) is 0. The summed E-state index contributed by atoms with van der Waals surface area (Å²) in [4.78, 5) is 72.9. The molecule has 5 atom stereocenters. The molecule has 0 heterocycles. The van der Waals surface area contributed by atoms with Crippen LogP contribution in [0.1, 0.15) is 414 Å². The molecule has 0 bridgehead atoms. The molecule has 0 saturated carbocycles. The Balaban J connectivity index is 5.20. The van der Waals surface area contributed by atoms with E-state index in [4.69, 9.17) is 37.0 Å². The standard InChI is InChI=1S/C79H154O17P2/c1-7-9-11-13-15-17-19-21-23-24-25-26-27-28-30-32-34-39-43-51-57-63-78(83)95-74(67-89-76(81)61-55-49-42-38-33-31-29-22-20-18-16-14-12-10-8-2)69-93-97(85,86)91-65-73(80)66-92-98(87,88)94-70-75(68-90-77(82)62-56-50-46-45-48-54-60-72(5)6)96-79(84)64-58-52-44-40-36-35-37-41-47-53-59-71(3)4/h71-75,80H,7-70H2,1-6H3,(H,85,86)(H,87,88)/t73-,74-,75-/m1/s1. The minimum atomic E-state index is -4.96. The van der Waals surface area contributed by atoms with Gasteiger partial charge in [0.1, 0.15) is 19.3 Å². The third kappa shape index (κ3) is 72.4. The fourth-order valence-corrected chi connectivity index (χ4v) is 13.8. The zero-order chi connectivity index (χ0) is 72.1. The first kappa shape index (κ1) is 96.1. The van der Waals surface area contributed by atoms with Crippen LogP contribution in [0.4, 0.5) is 0 Å². The Morgan fingerprint density at radius 2 is 0.469 bits per heavy atom. The summed E-state index contributed by atoms with van der Waals surface area (Å²) in [6.07, 6.45) is 59.9. The summed E-state index contributed by atoms with van der Waals surface area (Å²) in [6.45, 7) is 9.52. The van der Waals surface area contributed by atoms with Gasteiger partial charge in [0.2, 0.25) is 0 Å². The van der Waals surface area contributed by atoms with Crippen LogP contribution in [0.15, 0.2) is 0 Å². The summed E-state index contributed by atoms with van der Waals surface area (Å²) < 4.78 is 68.6. The summed E-state index contributed by atoms with van der Waals surface area (Å²) in [5.74, 6) is -0.683. The lowest BCUT2D eigenvalue weighted by Gasteiger charge is -2.21. The summed E-state index contributed by atoms with van der Waals surface area (Å²) >= 11 is 0. The van der Waals surface area contributed by atoms with Crippen molar-refractivity contribution in [3.8, 4) is 0 Å². The number of hydrogen-bond donors (Lipinski definition) is 3. The highest BCUT2D eigenvalue weighted by atomic mass is 31.2. The average molecular weight is 1440 g/mol. The number of hydrogen-bond acceptors (Lipinski definition) is 15. The Morgan fingerprint density at radius 1 is 0.276 bits per heavy atom. The van der Waals surface area contributed by atoms with E-state index in [1.54, 1.807) is 0 Å². The van der Waals surface area contributed by atoms with Crippen LogP contribution >= 0.6 is 15.6 Å². The van der Waals surface area contributed by atoms with E-state index in [0.717, 1.165) is 102 Å². The first-order valence-electron chi connectivity index (χ1n) is 41.0. The Bertz CT molecular complexity index is 1890. The van der Waals surface area contributed by atoms with Crippen molar-refractivity contribution in [3.05, 3.63) is 0 Å². The molecule has 0 aromatic rings. The lowest BCUT2D eigenvalue weighted by molar-refractivity contribution is -0.161. The lowest BCUT2D eigenvalue weighted by atomic mass is 10.0. The molecule has 0 aromatic carbocycles. The number of carbonyl (C=O) groups is 4. The van der Waals surface area contributed by atoms with E-state index < -0.39 is 97.5 Å². The third-order valence-corrected chi connectivity index (χ3v) is 20.4. The van der Waals surface area contributed by atoms with Gasteiger partial charge < -0.3 is 33.8 Å². The Hall–Kier alpha value is -1.94. The second kappa shape index (κ2) is 70.7. The van der Waals surface area contributed by atoms with Crippen LogP contribution in [-0.4, -0.2) is 96.7 Å². The molecule has 2 unspecified atom stereocenters. The molecule has 0 spiro atoms. The molecule has 0 rings (SSSR count). The van der Waals surface area contributed by atoms with Crippen molar-refractivity contribution in [1.82, 2.24) is 0 Å². The van der Waals surface area contributed by atoms with Gasteiger partial charge in [0.05, 0.1) is 26.4 Å². The maximum atomic E-state index is 13.1. The van der Waals surface area contributed by atoms with Crippen LogP contribution in [0.2, 0.25) is 0 Å². The molecule has 3 N–H and O–H groups in total. The van der Waals surface area contributed by atoms with Gasteiger partial charge in [-0.15, -0.1) is 0 Å². The highest BCUT2D eigenvalue weighted by Crippen LogP contribution is 2.45. The van der Waals surface area contributed by atoms with Crippen molar-refractivity contribution < 1.29 is 80.2 Å². The van der Waals surface area contributed by atoms with E-state index in [0.29, 0.717) is 31.6 Å². The van der Waals surface area contributed by atoms with Crippen LogP contribution in [0.3, 0.4) is 0 Å². The first-order chi connectivity index (χ1) is 47.4. The number of unbranched alkanes of at least 4 members (excludes halogenated alkanes) is 48. The minimum absolute atomic E-state index is 0.105. The predicted molar refractivity (Wildman–Crippen MR) is 400 cm³/mol. The van der Waals surface area contributed by atoms with Crippen molar-refractivity contribution in [1.29, 1.82) is 0 Å². The van der Waals surface area contributed by atoms with Gasteiger partial charge in [-0.25, -0.2) is 9.13 Å². The van der Waals surface area contributed by atoms with E-state index >= 15 is 0 Å². The van der Waals surface area contributed by atoms with Gasteiger partial charge in [0.25, 0.3) is 0 Å². The van der Waals surface area contributed by atoms with Crippen molar-refractivity contribution in [2.24, 2.45) is 11.8 Å². The zero-order valence-corrected chi connectivity index (χ0v) is 65.9. The van der Waals surface area contributed by atoms with Crippen molar-refractivity contribution in [2.75, 3.05) is 39.6 Å². The summed E-state index contributed by atoms with van der Waals surface area (Å²) in [5.41, 5.74) is 0. The van der Waals surface area contributed by atoms with Crippen LogP contribution in [0.25, 0.3) is 0 Å². The maximum absolute atomic E-state index is 13.1. The molecular weight excluding hydrogens is 1280 g/mol. The number of aliphatic hydroxyl groups is 1. The quantitative estimate of drug-likeness (QED) is 0.0222. The van der Waals surface area contributed by atoms with E-state index in [9.17, 15) is 43.2 Å². The number of rotatable bonds is 78. The lowest BCUT2D eigenvalue weighted by Crippen LogP contribution is -2.30. The smallest absolute Gasteiger partial charge is 0.462 e. The maximum Gasteiger partial charge on any atom is 0.472 e. The first-order valence-corrected chi connectivity index (χ1v) is 44.0. The molecule has 582 valence electrons. The van der Waals surface area contributed by atoms with Crippen molar-refractivity contribution >= 4 is 39.5 Å². The van der Waals surface area contributed by atoms with E-state index in [1.807, 2.05) is 0 Å². The molecule has 17 nitrogen and oxygen atoms in total. The molecule has 0 fully saturated rings. The Labute approximate surface area is 600 Å². The number of phosphoric acid groups is 2. The molecule has 0 saturated heterocycles. The third-order valence-electron chi connectivity index (χ3n) is 18.5. The molecule has 0 aliphatic heterocycles. The van der Waals surface area contributed by atoms with Crippen molar-refractivity contribution in [3.63, 3.8) is 0 Å². The number of aliphatic hydroxyl groups excluding tert-OH is 1. The van der Waals surface area contributed by atoms with Crippen LogP contribution in [-0.2, 0) is 65.4 Å². The largest absolute Gasteiger partial charge is 0.472 e. The monoisotopic (exact) mass is 1440 g/mol. The van der Waals surface area contributed by atoms with E-state index in [1.165, 1.54) is 225 Å². The molecule has 0 aromatic heterocycles.